The van der Waals surface area contributed by atoms with Crippen molar-refractivity contribution in [2.24, 2.45) is 0 Å². The monoisotopic (exact) mass is 436 g/mol. The highest BCUT2D eigenvalue weighted by molar-refractivity contribution is 7.92. The zero-order valence-corrected chi connectivity index (χ0v) is 15.7. The molecule has 0 aliphatic carbocycles. The molecule has 0 atom stereocenters. The predicted molar refractivity (Wildman–Crippen MR) is 91.8 cm³/mol. The Bertz CT molecular complexity index is 1090. The first kappa shape index (κ1) is 20.1. The third-order valence-corrected chi connectivity index (χ3v) is 5.50. The van der Waals surface area contributed by atoms with Gasteiger partial charge in [0.25, 0.3) is 17.7 Å². The van der Waals surface area contributed by atoms with Gasteiger partial charge in [-0.25, -0.2) is 8.42 Å². The maximum Gasteiger partial charge on any atom is 0.314 e. The van der Waals surface area contributed by atoms with Gasteiger partial charge in [0.05, 0.1) is 11.4 Å². The Kier molecular flexibility index (Phi) is 5.61. The molecule has 150 valence electrons. The molecule has 13 heteroatoms. The Hall–Kier alpha value is -2.60. The summed E-state index contributed by atoms with van der Waals surface area (Å²) >= 11 is 5.91. The van der Waals surface area contributed by atoms with Gasteiger partial charge in [0, 0.05) is 5.02 Å². The molecule has 0 amide bonds. The predicted octanol–water partition coefficient (Wildman–Crippen LogP) is 3.81. The Morgan fingerprint density at radius 1 is 1.25 bits per heavy atom. The number of hydrogen-bond acceptors (Lipinski definition) is 7. The van der Waals surface area contributed by atoms with Crippen LogP contribution in [0.3, 0.4) is 0 Å². The normalized spacial score (nSPS) is 11.9. The Balaban J connectivity index is 1.96. The van der Waals surface area contributed by atoms with Gasteiger partial charge >= 0.3 is 6.43 Å². The third kappa shape index (κ3) is 4.12. The van der Waals surface area contributed by atoms with Crippen LogP contribution in [0.25, 0.3) is 11.7 Å². The summed E-state index contributed by atoms with van der Waals surface area (Å²) in [5, 5.41) is 6.64. The lowest BCUT2D eigenvalue weighted by Gasteiger charge is -2.22. The molecule has 0 unspecified atom stereocenters. The van der Waals surface area contributed by atoms with Crippen LogP contribution in [-0.4, -0.2) is 29.4 Å². The molecule has 1 aromatic carbocycles. The summed E-state index contributed by atoms with van der Waals surface area (Å²) < 4.78 is 74.8. The van der Waals surface area contributed by atoms with Gasteiger partial charge < -0.3 is 8.83 Å². The highest BCUT2D eigenvalue weighted by Gasteiger charge is 2.27. The number of nitrogens with zero attached hydrogens (tertiary/aromatic N) is 4. The smallest absolute Gasteiger partial charge is 0.314 e. The van der Waals surface area contributed by atoms with E-state index in [2.05, 4.69) is 19.6 Å². The largest absolute Gasteiger partial charge is 0.430 e. The Morgan fingerprint density at radius 3 is 2.61 bits per heavy atom. The lowest BCUT2D eigenvalue weighted by atomic mass is 10.3. The lowest BCUT2D eigenvalue weighted by Crippen LogP contribution is -2.32. The molecule has 0 saturated carbocycles. The van der Waals surface area contributed by atoms with Crippen molar-refractivity contribution in [3.63, 3.8) is 0 Å². The van der Waals surface area contributed by atoms with E-state index >= 15 is 0 Å². The number of sulfonamides is 1. The van der Waals surface area contributed by atoms with Crippen LogP contribution in [0.1, 0.15) is 25.1 Å². The van der Waals surface area contributed by atoms with Crippen LogP contribution in [0.4, 0.5) is 18.9 Å². The van der Waals surface area contributed by atoms with E-state index in [1.54, 1.807) is 12.1 Å². The van der Waals surface area contributed by atoms with Crippen molar-refractivity contribution in [2.45, 2.75) is 19.9 Å². The summed E-state index contributed by atoms with van der Waals surface area (Å²) in [6.45, 7) is 0.960. The molecule has 0 aliphatic heterocycles. The van der Waals surface area contributed by atoms with Gasteiger partial charge in [-0.3, -0.25) is 4.31 Å². The van der Waals surface area contributed by atoms with Gasteiger partial charge in [-0.05, 0) is 25.1 Å². The van der Waals surface area contributed by atoms with E-state index in [-0.39, 0.29) is 17.3 Å². The molecule has 0 radical (unpaired) electrons. The zero-order chi connectivity index (χ0) is 20.5. The first-order chi connectivity index (χ1) is 13.2. The second kappa shape index (κ2) is 7.80. The summed E-state index contributed by atoms with van der Waals surface area (Å²) in [7, 11) is -3.80. The number of rotatable bonds is 7. The first-order valence-electron chi connectivity index (χ1n) is 7.74. The summed E-state index contributed by atoms with van der Waals surface area (Å²) in [6, 6.07) is 6.00. The fourth-order valence-corrected chi connectivity index (χ4v) is 3.46. The first-order valence-corrected chi connectivity index (χ1v) is 9.73. The van der Waals surface area contributed by atoms with Crippen LogP contribution in [0.15, 0.2) is 33.1 Å². The highest BCUT2D eigenvalue weighted by atomic mass is 35.5. The van der Waals surface area contributed by atoms with E-state index in [1.165, 1.54) is 19.1 Å². The summed E-state index contributed by atoms with van der Waals surface area (Å²) in [5.74, 6) is -4.13. The summed E-state index contributed by atoms with van der Waals surface area (Å²) in [5.41, 5.74) is 0.215. The van der Waals surface area contributed by atoms with Gasteiger partial charge in [0.1, 0.15) is 6.54 Å². The minimum absolute atomic E-state index is 0.215. The number of aromatic nitrogens is 3. The highest BCUT2D eigenvalue weighted by Crippen LogP contribution is 2.29. The fraction of sp³-hybridized carbons (Fsp3) is 0.267. The molecule has 2 heterocycles. The molecule has 0 fully saturated rings. The Morgan fingerprint density at radius 2 is 2.00 bits per heavy atom. The third-order valence-electron chi connectivity index (χ3n) is 3.53. The van der Waals surface area contributed by atoms with E-state index in [0.717, 1.165) is 4.31 Å². The molecular formula is C15H12ClF3N4O4S. The molecule has 3 rings (SSSR count). The average molecular weight is 437 g/mol. The minimum Gasteiger partial charge on any atom is -0.430 e. The zero-order valence-electron chi connectivity index (χ0n) is 14.1. The van der Waals surface area contributed by atoms with Crippen LogP contribution in [0, 0.1) is 5.95 Å². The lowest BCUT2D eigenvalue weighted by molar-refractivity contribution is 0.115. The van der Waals surface area contributed by atoms with E-state index in [1.807, 2.05) is 0 Å². The molecule has 0 aliphatic rings. The molecule has 0 spiro atoms. The van der Waals surface area contributed by atoms with E-state index in [9.17, 15) is 21.6 Å². The number of anilines is 1. The standard InChI is InChI=1S/C15H12ClF3N4O4S/c1-2-28(24,25)23(9-5-3-4-8(16)6-9)7-10-20-13(19)11(26-10)14-21-22-15(27-14)12(17)18/h3-6,12H,2,7H2,1H3. The van der Waals surface area contributed by atoms with Crippen molar-refractivity contribution in [1.29, 1.82) is 0 Å². The van der Waals surface area contributed by atoms with Crippen molar-refractivity contribution in [3.05, 3.63) is 47.0 Å². The van der Waals surface area contributed by atoms with Crippen molar-refractivity contribution < 1.29 is 30.4 Å². The molecule has 0 N–H and O–H groups in total. The summed E-state index contributed by atoms with van der Waals surface area (Å²) in [4.78, 5) is 3.49. The number of halogens is 4. The van der Waals surface area contributed by atoms with E-state index in [4.69, 9.17) is 16.0 Å². The molecule has 0 bridgehead atoms. The fourth-order valence-electron chi connectivity index (χ4n) is 2.22. The van der Waals surface area contributed by atoms with Gasteiger partial charge in [-0.2, -0.15) is 18.2 Å². The van der Waals surface area contributed by atoms with Gasteiger partial charge in [-0.1, -0.05) is 17.7 Å². The SMILES string of the molecule is CCS(=O)(=O)N(Cc1nc(F)c(-c2nnc(C(F)F)o2)o1)c1cccc(Cl)c1. The maximum atomic E-state index is 14.1. The quantitative estimate of drug-likeness (QED) is 0.554. The maximum absolute atomic E-state index is 14.1. The average Bonchev–Trinajstić information content (AvgIpc) is 3.26. The minimum atomic E-state index is -3.80. The number of hydrogen-bond donors (Lipinski definition) is 0. The Labute approximate surface area is 162 Å². The molecule has 28 heavy (non-hydrogen) atoms. The second-order valence-corrected chi connectivity index (χ2v) is 7.98. The van der Waals surface area contributed by atoms with Crippen molar-refractivity contribution in [3.8, 4) is 11.7 Å². The molecule has 3 aromatic rings. The van der Waals surface area contributed by atoms with Gasteiger partial charge in [0.2, 0.25) is 21.7 Å². The van der Waals surface area contributed by atoms with Crippen molar-refractivity contribution in [1.82, 2.24) is 15.2 Å². The van der Waals surface area contributed by atoms with Crippen LogP contribution >= 0.6 is 11.6 Å². The van der Waals surface area contributed by atoms with Crippen molar-refractivity contribution in [2.75, 3.05) is 10.1 Å². The molecule has 8 nitrogen and oxygen atoms in total. The van der Waals surface area contributed by atoms with Crippen LogP contribution in [0.5, 0.6) is 0 Å². The molecule has 2 aromatic heterocycles. The topological polar surface area (TPSA) is 102 Å². The van der Waals surface area contributed by atoms with E-state index < -0.39 is 46.5 Å². The number of benzene rings is 1. The van der Waals surface area contributed by atoms with Crippen LogP contribution in [0.2, 0.25) is 5.02 Å². The molecular weight excluding hydrogens is 425 g/mol. The molecule has 0 saturated heterocycles. The van der Waals surface area contributed by atoms with Gasteiger partial charge in [-0.15, -0.1) is 10.2 Å². The van der Waals surface area contributed by atoms with Crippen LogP contribution in [-0.2, 0) is 16.6 Å². The van der Waals surface area contributed by atoms with Crippen LogP contribution < -0.4 is 4.31 Å². The number of oxazole rings is 1. The summed E-state index contributed by atoms with van der Waals surface area (Å²) in [6.07, 6.45) is -3.04. The van der Waals surface area contributed by atoms with Gasteiger partial charge in [0.15, 0.2) is 0 Å². The van der Waals surface area contributed by atoms with Crippen molar-refractivity contribution >= 4 is 27.3 Å². The van der Waals surface area contributed by atoms with E-state index in [0.29, 0.717) is 5.02 Å². The second-order valence-electron chi connectivity index (χ2n) is 5.36. The number of alkyl halides is 2.